The number of nitrogens with one attached hydrogen (secondary N) is 2. The summed E-state index contributed by atoms with van der Waals surface area (Å²) >= 11 is 2.13. The maximum atomic E-state index is 12.8. The van der Waals surface area contributed by atoms with Crippen LogP contribution in [0.4, 0.5) is 16.3 Å². The van der Waals surface area contributed by atoms with Crippen molar-refractivity contribution in [1.82, 2.24) is 20.2 Å². The highest BCUT2D eigenvalue weighted by Crippen LogP contribution is 2.32. The Morgan fingerprint density at radius 1 is 1.21 bits per heavy atom. The number of nitrogens with zero attached hydrogens (tertiary/aromatic N) is 4. The van der Waals surface area contributed by atoms with Crippen LogP contribution in [-0.4, -0.2) is 90.1 Å². The molecular formula is C26H35IN6O5. The van der Waals surface area contributed by atoms with Crippen LogP contribution in [-0.2, 0) is 32.0 Å². The minimum absolute atomic E-state index is 0.0196. The molecule has 1 saturated heterocycles. The van der Waals surface area contributed by atoms with Gasteiger partial charge in [-0.1, -0.05) is 22.6 Å². The van der Waals surface area contributed by atoms with Crippen LogP contribution in [0.3, 0.4) is 0 Å². The first-order valence-corrected chi connectivity index (χ1v) is 14.0. The van der Waals surface area contributed by atoms with E-state index in [1.807, 2.05) is 36.1 Å². The molecule has 2 N–H and O–H groups in total. The van der Waals surface area contributed by atoms with Crippen molar-refractivity contribution in [1.29, 1.82) is 0 Å². The molecule has 0 saturated carbocycles. The molecule has 206 valence electrons. The van der Waals surface area contributed by atoms with Crippen LogP contribution in [0.5, 0.6) is 0 Å². The monoisotopic (exact) mass is 638 g/mol. The molecule has 1 aromatic heterocycles. The lowest BCUT2D eigenvalue weighted by molar-refractivity contribution is -0.137. The van der Waals surface area contributed by atoms with Crippen molar-refractivity contribution in [2.45, 2.75) is 36.9 Å². The van der Waals surface area contributed by atoms with Gasteiger partial charge in [0.15, 0.2) is 5.82 Å². The van der Waals surface area contributed by atoms with Gasteiger partial charge in [0.05, 0.1) is 48.8 Å². The van der Waals surface area contributed by atoms with E-state index in [0.717, 1.165) is 22.6 Å². The number of aromatic nitrogens is 2. The van der Waals surface area contributed by atoms with Gasteiger partial charge in [-0.05, 0) is 38.1 Å². The predicted octanol–water partition coefficient (Wildman–Crippen LogP) is 2.82. The molecule has 11 nitrogen and oxygen atoms in total. The highest BCUT2D eigenvalue weighted by Gasteiger charge is 2.30. The summed E-state index contributed by atoms with van der Waals surface area (Å²) in [5.41, 5.74) is 3.46. The van der Waals surface area contributed by atoms with Crippen molar-refractivity contribution in [3.8, 4) is 11.4 Å². The molecule has 0 spiro atoms. The van der Waals surface area contributed by atoms with E-state index >= 15 is 0 Å². The third kappa shape index (κ3) is 7.30. The highest BCUT2D eigenvalue weighted by molar-refractivity contribution is 14.1. The molecule has 0 radical (unpaired) electrons. The van der Waals surface area contributed by atoms with Gasteiger partial charge in [0.2, 0.25) is 5.91 Å². The Morgan fingerprint density at radius 3 is 2.71 bits per heavy atom. The van der Waals surface area contributed by atoms with Crippen LogP contribution in [0.2, 0.25) is 0 Å². The van der Waals surface area contributed by atoms with Crippen LogP contribution < -0.4 is 15.5 Å². The van der Waals surface area contributed by atoms with Gasteiger partial charge in [-0.25, -0.2) is 14.8 Å². The van der Waals surface area contributed by atoms with Crippen molar-refractivity contribution in [3.63, 3.8) is 0 Å². The van der Waals surface area contributed by atoms with E-state index in [2.05, 4.69) is 45.0 Å². The molecule has 0 aliphatic carbocycles. The average Bonchev–Trinajstić information content (AvgIpc) is 2.90. The van der Waals surface area contributed by atoms with Crippen LogP contribution in [0.15, 0.2) is 24.3 Å². The number of carbonyl (C=O) groups excluding carboxylic acids is 2. The molecule has 3 amide bonds. The number of carbonyl (C=O) groups is 2. The number of rotatable bonds is 9. The smallest absolute Gasteiger partial charge is 0.320 e. The van der Waals surface area contributed by atoms with Gasteiger partial charge >= 0.3 is 6.03 Å². The van der Waals surface area contributed by atoms with E-state index in [4.69, 9.17) is 24.2 Å². The number of alkyl halides is 1. The van der Waals surface area contributed by atoms with E-state index in [-0.39, 0.29) is 28.6 Å². The van der Waals surface area contributed by atoms with Crippen molar-refractivity contribution in [2.75, 3.05) is 63.5 Å². The number of amides is 3. The summed E-state index contributed by atoms with van der Waals surface area (Å²) in [6.07, 6.45) is 0.634. The number of anilines is 2. The lowest BCUT2D eigenvalue weighted by Gasteiger charge is -2.38. The number of ether oxygens (including phenoxy) is 3. The first-order chi connectivity index (χ1) is 18.4. The summed E-state index contributed by atoms with van der Waals surface area (Å²) < 4.78 is 16.1. The SMILES string of the molecule is COCCOCC(=O)N1CCc2nc(-c3ccc(NC(=O)NC(C)I)cc3)nc(N3CCOCC3C)c2C1. The molecule has 2 aliphatic rings. The Bertz CT molecular complexity index is 1120. The molecule has 2 atom stereocenters. The van der Waals surface area contributed by atoms with Crippen LogP contribution in [0, 0.1) is 0 Å². The minimum atomic E-state index is -0.253. The van der Waals surface area contributed by atoms with Gasteiger partial charge in [0.1, 0.15) is 12.4 Å². The lowest BCUT2D eigenvalue weighted by atomic mass is 10.0. The second-order valence-corrected chi connectivity index (χ2v) is 11.2. The maximum absolute atomic E-state index is 12.8. The molecule has 4 rings (SSSR count). The van der Waals surface area contributed by atoms with E-state index < -0.39 is 0 Å². The highest BCUT2D eigenvalue weighted by atomic mass is 127. The summed E-state index contributed by atoms with van der Waals surface area (Å²) in [4.78, 5) is 38.9. The summed E-state index contributed by atoms with van der Waals surface area (Å²) in [6.45, 7) is 7.83. The zero-order chi connectivity index (χ0) is 27.1. The normalized spacial score (nSPS) is 18.1. The molecule has 2 aromatic rings. The van der Waals surface area contributed by atoms with Gasteiger partial charge in [0.25, 0.3) is 0 Å². The van der Waals surface area contributed by atoms with Crippen molar-refractivity contribution < 1.29 is 23.8 Å². The van der Waals surface area contributed by atoms with E-state index in [1.165, 1.54) is 0 Å². The fraction of sp³-hybridized carbons (Fsp3) is 0.538. The Labute approximate surface area is 236 Å². The van der Waals surface area contributed by atoms with E-state index in [1.54, 1.807) is 7.11 Å². The van der Waals surface area contributed by atoms with Gasteiger partial charge in [-0.15, -0.1) is 0 Å². The fourth-order valence-electron chi connectivity index (χ4n) is 4.46. The Hall–Kier alpha value is -2.55. The van der Waals surface area contributed by atoms with Crippen LogP contribution in [0.1, 0.15) is 25.1 Å². The Morgan fingerprint density at radius 2 is 2.00 bits per heavy atom. The van der Waals surface area contributed by atoms with Crippen molar-refractivity contribution in [2.24, 2.45) is 0 Å². The number of hydrogen-bond donors (Lipinski definition) is 2. The van der Waals surface area contributed by atoms with E-state index in [9.17, 15) is 9.59 Å². The van der Waals surface area contributed by atoms with Gasteiger partial charge in [0, 0.05) is 43.4 Å². The number of morpholine rings is 1. The maximum Gasteiger partial charge on any atom is 0.320 e. The summed E-state index contributed by atoms with van der Waals surface area (Å²) in [7, 11) is 1.60. The Balaban J connectivity index is 1.58. The standard InChI is InChI=1S/C26H35IN6O5/c1-17-15-37-11-10-33(17)25-21-14-32(23(34)16-38-13-12-36-3)9-8-22(21)30-24(31-25)19-4-6-20(7-5-19)29-26(35)28-18(2)27/h4-7,17-18H,8-16H2,1-3H3,(H2,28,29,35). The number of halogens is 1. The molecule has 2 aliphatic heterocycles. The van der Waals surface area contributed by atoms with Crippen LogP contribution >= 0.6 is 22.6 Å². The average molecular weight is 639 g/mol. The second-order valence-electron chi connectivity index (χ2n) is 9.32. The zero-order valence-electron chi connectivity index (χ0n) is 22.0. The first-order valence-electron chi connectivity index (χ1n) is 12.8. The summed E-state index contributed by atoms with van der Waals surface area (Å²) in [6, 6.07) is 7.40. The van der Waals surface area contributed by atoms with E-state index in [0.29, 0.717) is 64.0 Å². The third-order valence-corrected chi connectivity index (χ3v) is 6.73. The first kappa shape index (κ1) is 28.5. The molecule has 3 heterocycles. The predicted molar refractivity (Wildman–Crippen MR) is 153 cm³/mol. The fourth-order valence-corrected chi connectivity index (χ4v) is 4.74. The molecular weight excluding hydrogens is 603 g/mol. The minimum Gasteiger partial charge on any atom is -0.382 e. The number of urea groups is 1. The third-order valence-electron chi connectivity index (χ3n) is 6.42. The molecule has 2 unspecified atom stereocenters. The Kier molecular flexibility index (Phi) is 10.1. The summed E-state index contributed by atoms with van der Waals surface area (Å²) in [5.74, 6) is 1.41. The van der Waals surface area contributed by atoms with Crippen LogP contribution in [0.25, 0.3) is 11.4 Å². The number of methoxy groups -OCH3 is 1. The molecule has 38 heavy (non-hydrogen) atoms. The molecule has 1 fully saturated rings. The number of fused-ring (bicyclic) bond motifs is 1. The van der Waals surface area contributed by atoms with Gasteiger partial charge in [-0.2, -0.15) is 0 Å². The van der Waals surface area contributed by atoms with Crippen molar-refractivity contribution >= 4 is 46.0 Å². The molecule has 12 heteroatoms. The largest absolute Gasteiger partial charge is 0.382 e. The van der Waals surface area contributed by atoms with Crippen molar-refractivity contribution in [3.05, 3.63) is 35.5 Å². The van der Waals surface area contributed by atoms with Gasteiger partial charge < -0.3 is 34.6 Å². The number of benzene rings is 1. The molecule has 1 aromatic carbocycles. The number of hydrogen-bond acceptors (Lipinski definition) is 8. The molecule has 0 bridgehead atoms. The lowest BCUT2D eigenvalue weighted by Crippen LogP contribution is -2.46. The zero-order valence-corrected chi connectivity index (χ0v) is 24.2. The van der Waals surface area contributed by atoms with Gasteiger partial charge in [-0.3, -0.25) is 4.79 Å². The quantitative estimate of drug-likeness (QED) is 0.187. The second kappa shape index (κ2) is 13.5. The summed E-state index contributed by atoms with van der Waals surface area (Å²) in [5, 5.41) is 5.64. The topological polar surface area (TPSA) is 118 Å².